The smallest absolute Gasteiger partial charge is 0.245 e. The summed E-state index contributed by atoms with van der Waals surface area (Å²) in [6.45, 7) is 3.55. The Hall–Kier alpha value is -3.13. The number of benzene rings is 2. The van der Waals surface area contributed by atoms with E-state index in [1.807, 2.05) is 30.1 Å². The zero-order valence-electron chi connectivity index (χ0n) is 20.3. The molecule has 0 aliphatic carbocycles. The highest BCUT2D eigenvalue weighted by Gasteiger charge is 2.34. The molecule has 1 aliphatic heterocycles. The SMILES string of the molecule is COc1ccc(CCN(C)C(=O)C2CCCN2c2nc(Cc3ccc(C)cc3)ns2)cc1OC. The van der Waals surface area contributed by atoms with Gasteiger partial charge >= 0.3 is 0 Å². The fourth-order valence-corrected chi connectivity index (χ4v) is 5.03. The number of nitrogens with zero attached hydrogens (tertiary/aromatic N) is 4. The molecule has 1 amide bonds. The van der Waals surface area contributed by atoms with Crippen LogP contribution in [0.2, 0.25) is 0 Å². The first-order valence-corrected chi connectivity index (χ1v) is 12.4. The van der Waals surface area contributed by atoms with E-state index in [0.717, 1.165) is 42.3 Å². The van der Waals surface area contributed by atoms with Crippen molar-refractivity contribution >= 4 is 22.6 Å². The first-order valence-electron chi connectivity index (χ1n) is 11.6. The van der Waals surface area contributed by atoms with Crippen LogP contribution in [0.1, 0.15) is 35.4 Å². The molecule has 1 aliphatic rings. The van der Waals surface area contributed by atoms with Crippen molar-refractivity contribution in [3.05, 3.63) is 65.0 Å². The summed E-state index contributed by atoms with van der Waals surface area (Å²) >= 11 is 1.39. The number of methoxy groups -OCH3 is 2. The van der Waals surface area contributed by atoms with Gasteiger partial charge in [-0.3, -0.25) is 4.79 Å². The summed E-state index contributed by atoms with van der Waals surface area (Å²) in [5, 5.41) is 0.839. The number of ether oxygens (including phenoxy) is 2. The minimum absolute atomic E-state index is 0.133. The summed E-state index contributed by atoms with van der Waals surface area (Å²) in [6.07, 6.45) is 3.27. The van der Waals surface area contributed by atoms with E-state index in [1.165, 1.54) is 22.7 Å². The van der Waals surface area contributed by atoms with Crippen molar-refractivity contribution in [1.29, 1.82) is 0 Å². The molecule has 1 unspecified atom stereocenters. The normalized spacial score (nSPS) is 15.4. The van der Waals surface area contributed by atoms with Crippen molar-refractivity contribution in [3.63, 3.8) is 0 Å². The Bertz CT molecular complexity index is 1120. The Morgan fingerprint density at radius 3 is 2.59 bits per heavy atom. The summed E-state index contributed by atoms with van der Waals surface area (Å²) in [5.41, 5.74) is 3.54. The van der Waals surface area contributed by atoms with Crippen molar-refractivity contribution in [2.75, 3.05) is 39.3 Å². The molecule has 4 rings (SSSR count). The Labute approximate surface area is 205 Å². The maximum absolute atomic E-state index is 13.3. The number of rotatable bonds is 9. The molecular weight excluding hydrogens is 448 g/mol. The fraction of sp³-hybridized carbons (Fsp3) is 0.423. The summed E-state index contributed by atoms with van der Waals surface area (Å²) in [5.74, 6) is 2.35. The summed E-state index contributed by atoms with van der Waals surface area (Å²) in [6, 6.07) is 14.1. The average molecular weight is 481 g/mol. The second-order valence-corrected chi connectivity index (χ2v) is 9.44. The molecule has 0 N–H and O–H groups in total. The summed E-state index contributed by atoms with van der Waals surface area (Å²) in [7, 11) is 5.13. The maximum atomic E-state index is 13.3. The zero-order valence-corrected chi connectivity index (χ0v) is 21.1. The van der Waals surface area contributed by atoms with Crippen LogP contribution < -0.4 is 14.4 Å². The maximum Gasteiger partial charge on any atom is 0.245 e. The van der Waals surface area contributed by atoms with Crippen LogP contribution in [0.5, 0.6) is 11.5 Å². The van der Waals surface area contributed by atoms with Gasteiger partial charge in [-0.05, 0) is 49.4 Å². The third kappa shape index (κ3) is 5.50. The minimum atomic E-state index is -0.185. The highest BCUT2D eigenvalue weighted by Crippen LogP contribution is 2.30. The lowest BCUT2D eigenvalue weighted by atomic mass is 10.1. The third-order valence-corrected chi connectivity index (χ3v) is 7.07. The molecule has 2 heterocycles. The van der Waals surface area contributed by atoms with E-state index in [9.17, 15) is 4.79 Å². The van der Waals surface area contributed by atoms with Crippen LogP contribution in [-0.2, 0) is 17.6 Å². The van der Waals surface area contributed by atoms with E-state index in [1.54, 1.807) is 14.2 Å². The summed E-state index contributed by atoms with van der Waals surface area (Å²) < 4.78 is 15.3. The van der Waals surface area contributed by atoms with Gasteiger partial charge in [0.2, 0.25) is 11.0 Å². The van der Waals surface area contributed by atoms with Crippen molar-refractivity contribution in [2.45, 2.75) is 38.6 Å². The van der Waals surface area contributed by atoms with E-state index in [0.29, 0.717) is 24.5 Å². The lowest BCUT2D eigenvalue weighted by Crippen LogP contribution is -2.44. The van der Waals surface area contributed by atoms with Gasteiger partial charge in [-0.1, -0.05) is 35.9 Å². The molecule has 0 radical (unpaired) electrons. The third-order valence-electron chi connectivity index (χ3n) is 6.28. The van der Waals surface area contributed by atoms with Gasteiger partial charge in [0, 0.05) is 38.1 Å². The lowest BCUT2D eigenvalue weighted by molar-refractivity contribution is -0.131. The second-order valence-electron chi connectivity index (χ2n) is 8.71. The molecule has 1 atom stereocenters. The molecule has 180 valence electrons. The number of carbonyl (C=O) groups is 1. The topological polar surface area (TPSA) is 67.8 Å². The quantitative estimate of drug-likeness (QED) is 0.459. The van der Waals surface area contributed by atoms with Crippen LogP contribution >= 0.6 is 11.5 Å². The van der Waals surface area contributed by atoms with E-state index >= 15 is 0 Å². The number of hydrogen-bond donors (Lipinski definition) is 0. The van der Waals surface area contributed by atoms with Crippen LogP contribution in [-0.4, -0.2) is 60.6 Å². The van der Waals surface area contributed by atoms with Gasteiger partial charge in [0.1, 0.15) is 11.9 Å². The van der Waals surface area contributed by atoms with Gasteiger partial charge in [-0.25, -0.2) is 4.98 Å². The van der Waals surface area contributed by atoms with Gasteiger partial charge in [0.05, 0.1) is 14.2 Å². The van der Waals surface area contributed by atoms with Crippen molar-refractivity contribution in [1.82, 2.24) is 14.3 Å². The minimum Gasteiger partial charge on any atom is -0.493 e. The molecule has 7 nitrogen and oxygen atoms in total. The molecule has 0 spiro atoms. The van der Waals surface area contributed by atoms with Crippen LogP contribution in [0, 0.1) is 6.92 Å². The first kappa shape index (κ1) is 24.0. The van der Waals surface area contributed by atoms with Gasteiger partial charge in [-0.2, -0.15) is 4.37 Å². The number of aromatic nitrogens is 2. The predicted molar refractivity (Wildman–Crippen MR) is 135 cm³/mol. The molecular formula is C26H32N4O3S. The number of likely N-dealkylation sites (N-methyl/N-ethyl adjacent to an activating group) is 1. The van der Waals surface area contributed by atoms with Crippen LogP contribution in [0.4, 0.5) is 5.13 Å². The van der Waals surface area contributed by atoms with Gasteiger partial charge in [0.25, 0.3) is 0 Å². The van der Waals surface area contributed by atoms with E-state index in [-0.39, 0.29) is 11.9 Å². The van der Waals surface area contributed by atoms with Gasteiger partial charge in [-0.15, -0.1) is 0 Å². The van der Waals surface area contributed by atoms with Crippen molar-refractivity contribution in [3.8, 4) is 11.5 Å². The van der Waals surface area contributed by atoms with E-state index in [4.69, 9.17) is 14.5 Å². The molecule has 1 aromatic heterocycles. The largest absolute Gasteiger partial charge is 0.493 e. The first-order chi connectivity index (χ1) is 16.5. The molecule has 8 heteroatoms. The number of aryl methyl sites for hydroxylation is 1. The predicted octanol–water partition coefficient (Wildman–Crippen LogP) is 4.12. The van der Waals surface area contributed by atoms with Crippen molar-refractivity contribution < 1.29 is 14.3 Å². The summed E-state index contributed by atoms with van der Waals surface area (Å²) in [4.78, 5) is 22.0. The molecule has 3 aromatic rings. The molecule has 34 heavy (non-hydrogen) atoms. The van der Waals surface area contributed by atoms with Crippen LogP contribution in [0.3, 0.4) is 0 Å². The second kappa shape index (κ2) is 10.9. The monoisotopic (exact) mass is 480 g/mol. The molecule has 2 aromatic carbocycles. The number of carbonyl (C=O) groups excluding carboxylic acids is 1. The Morgan fingerprint density at radius 2 is 1.85 bits per heavy atom. The highest BCUT2D eigenvalue weighted by molar-refractivity contribution is 7.09. The van der Waals surface area contributed by atoms with Gasteiger partial charge in [0.15, 0.2) is 11.5 Å². The number of anilines is 1. The van der Waals surface area contributed by atoms with Gasteiger partial charge < -0.3 is 19.3 Å². The molecule has 0 saturated carbocycles. The number of hydrogen-bond acceptors (Lipinski definition) is 7. The van der Waals surface area contributed by atoms with E-state index in [2.05, 4.69) is 40.5 Å². The average Bonchev–Trinajstić information content (AvgIpc) is 3.52. The molecule has 1 fully saturated rings. The lowest BCUT2D eigenvalue weighted by Gasteiger charge is -2.27. The Morgan fingerprint density at radius 1 is 1.12 bits per heavy atom. The molecule has 1 saturated heterocycles. The standard InChI is InChI=1S/C26H32N4O3S/c1-18-7-9-19(10-8-18)17-24-27-26(34-28-24)30-14-5-6-21(30)25(31)29(2)15-13-20-11-12-22(32-3)23(16-20)33-4/h7-12,16,21H,5-6,13-15,17H2,1-4H3. The van der Waals surface area contributed by atoms with Crippen molar-refractivity contribution in [2.24, 2.45) is 0 Å². The number of amides is 1. The highest BCUT2D eigenvalue weighted by atomic mass is 32.1. The molecule has 0 bridgehead atoms. The Balaban J connectivity index is 1.37. The fourth-order valence-electron chi connectivity index (χ4n) is 4.27. The van der Waals surface area contributed by atoms with Crippen LogP contribution in [0.25, 0.3) is 0 Å². The Kier molecular flexibility index (Phi) is 7.67. The zero-order chi connectivity index (χ0) is 24.1. The van der Waals surface area contributed by atoms with E-state index < -0.39 is 0 Å². The van der Waals surface area contributed by atoms with Crippen LogP contribution in [0.15, 0.2) is 42.5 Å².